The van der Waals surface area contributed by atoms with Crippen molar-refractivity contribution in [3.05, 3.63) is 60.3 Å². The summed E-state index contributed by atoms with van der Waals surface area (Å²) in [6.07, 6.45) is 2.06. The summed E-state index contributed by atoms with van der Waals surface area (Å²) in [7, 11) is 2.03. The summed E-state index contributed by atoms with van der Waals surface area (Å²) in [6, 6.07) is 15.9. The van der Waals surface area contributed by atoms with E-state index in [9.17, 15) is 5.11 Å². The minimum Gasteiger partial charge on any atom is -0.508 e. The second-order valence-corrected chi connectivity index (χ2v) is 4.86. The van der Waals surface area contributed by atoms with Crippen LogP contribution in [0.25, 0.3) is 22.0 Å². The van der Waals surface area contributed by atoms with Gasteiger partial charge in [-0.1, -0.05) is 24.3 Å². The van der Waals surface area contributed by atoms with Crippen LogP contribution in [-0.4, -0.2) is 5.11 Å². The third kappa shape index (κ3) is 1.95. The van der Waals surface area contributed by atoms with E-state index in [1.165, 1.54) is 11.1 Å². The molecule has 0 spiro atoms. The largest absolute Gasteiger partial charge is 0.508 e. The van der Waals surface area contributed by atoms with Crippen LogP contribution in [0.2, 0.25) is 0 Å². The third-order valence-corrected chi connectivity index (χ3v) is 3.52. The number of hydrogen-bond donors (Lipinski definition) is 1. The number of aromatic nitrogens is 1. The maximum atomic E-state index is 9.75. The number of pyridine rings is 1. The van der Waals surface area contributed by atoms with Crippen LogP contribution >= 0.6 is 0 Å². The molecule has 0 fully saturated rings. The molecule has 2 heteroatoms. The van der Waals surface area contributed by atoms with Crippen molar-refractivity contribution in [1.82, 2.24) is 0 Å². The van der Waals surface area contributed by atoms with E-state index in [4.69, 9.17) is 0 Å². The topological polar surface area (TPSA) is 24.1 Å². The van der Waals surface area contributed by atoms with Gasteiger partial charge in [-0.15, -0.1) is 0 Å². The maximum Gasteiger partial charge on any atom is 0.220 e. The first-order valence-electron chi connectivity index (χ1n) is 6.34. The lowest BCUT2D eigenvalue weighted by Crippen LogP contribution is -2.30. The first-order chi connectivity index (χ1) is 9.16. The zero-order chi connectivity index (χ0) is 13.4. The summed E-state index contributed by atoms with van der Waals surface area (Å²) < 4.78 is 2.10. The SMILES string of the molecule is Cc1ccccc1-c1c2cc(O)ccc2cc[n+]1C. The van der Waals surface area contributed by atoms with Gasteiger partial charge in [0, 0.05) is 11.6 Å². The lowest BCUT2D eigenvalue weighted by molar-refractivity contribution is -0.659. The van der Waals surface area contributed by atoms with E-state index in [-0.39, 0.29) is 0 Å². The number of phenols is 1. The normalized spacial score (nSPS) is 10.8. The van der Waals surface area contributed by atoms with Crippen molar-refractivity contribution in [3.8, 4) is 17.0 Å². The van der Waals surface area contributed by atoms with E-state index in [1.54, 1.807) is 6.07 Å². The molecule has 0 radical (unpaired) electrons. The van der Waals surface area contributed by atoms with Crippen LogP contribution in [0.15, 0.2) is 54.7 Å². The Bertz CT molecular complexity index is 757. The van der Waals surface area contributed by atoms with Gasteiger partial charge in [0.15, 0.2) is 6.20 Å². The molecular weight excluding hydrogens is 234 g/mol. The molecule has 1 aromatic heterocycles. The average molecular weight is 250 g/mol. The summed E-state index contributed by atoms with van der Waals surface area (Å²) in [4.78, 5) is 0. The Labute approximate surface area is 112 Å². The monoisotopic (exact) mass is 250 g/mol. The van der Waals surface area contributed by atoms with Gasteiger partial charge in [0.1, 0.15) is 12.8 Å². The van der Waals surface area contributed by atoms with Gasteiger partial charge in [-0.05, 0) is 36.1 Å². The minimum absolute atomic E-state index is 0.300. The molecule has 19 heavy (non-hydrogen) atoms. The van der Waals surface area contributed by atoms with E-state index in [0.717, 1.165) is 16.5 Å². The smallest absolute Gasteiger partial charge is 0.220 e. The number of phenolic OH excluding ortho intramolecular Hbond substituents is 1. The highest BCUT2D eigenvalue weighted by molar-refractivity contribution is 5.94. The van der Waals surface area contributed by atoms with E-state index < -0.39 is 0 Å². The number of fused-ring (bicyclic) bond motifs is 1. The molecule has 1 heterocycles. The van der Waals surface area contributed by atoms with Gasteiger partial charge >= 0.3 is 0 Å². The number of nitrogens with zero attached hydrogens (tertiary/aromatic N) is 1. The lowest BCUT2D eigenvalue weighted by atomic mass is 9.99. The molecule has 3 aromatic rings. The van der Waals surface area contributed by atoms with E-state index in [1.807, 2.05) is 31.3 Å². The van der Waals surface area contributed by atoms with Crippen LogP contribution in [0.4, 0.5) is 0 Å². The van der Waals surface area contributed by atoms with Crippen molar-refractivity contribution < 1.29 is 9.67 Å². The van der Waals surface area contributed by atoms with Gasteiger partial charge < -0.3 is 5.11 Å². The minimum atomic E-state index is 0.300. The third-order valence-electron chi connectivity index (χ3n) is 3.52. The highest BCUT2D eigenvalue weighted by Gasteiger charge is 2.16. The molecule has 0 atom stereocenters. The fourth-order valence-electron chi connectivity index (χ4n) is 2.52. The highest BCUT2D eigenvalue weighted by Crippen LogP contribution is 2.29. The summed E-state index contributed by atoms with van der Waals surface area (Å²) in [6.45, 7) is 2.11. The molecular formula is C17H16NO+. The van der Waals surface area contributed by atoms with Gasteiger partial charge in [0.05, 0.1) is 5.39 Å². The van der Waals surface area contributed by atoms with E-state index in [0.29, 0.717) is 5.75 Å². The second kappa shape index (κ2) is 4.39. The van der Waals surface area contributed by atoms with Crippen LogP contribution in [0, 0.1) is 6.92 Å². The molecule has 0 amide bonds. The van der Waals surface area contributed by atoms with Crippen LogP contribution in [0.5, 0.6) is 5.75 Å². The number of hydrogen-bond acceptors (Lipinski definition) is 1. The van der Waals surface area contributed by atoms with Gasteiger partial charge in [-0.2, -0.15) is 0 Å². The zero-order valence-corrected chi connectivity index (χ0v) is 11.1. The van der Waals surface area contributed by atoms with Crippen LogP contribution < -0.4 is 4.57 Å². The molecule has 0 bridgehead atoms. The number of aromatic hydroxyl groups is 1. The van der Waals surface area contributed by atoms with Crippen molar-refractivity contribution in [3.63, 3.8) is 0 Å². The van der Waals surface area contributed by atoms with Crippen LogP contribution in [0.1, 0.15) is 5.56 Å². The molecule has 3 rings (SSSR count). The van der Waals surface area contributed by atoms with Crippen molar-refractivity contribution in [2.24, 2.45) is 7.05 Å². The first kappa shape index (κ1) is 11.7. The average Bonchev–Trinajstić information content (AvgIpc) is 2.40. The quantitative estimate of drug-likeness (QED) is 0.658. The summed E-state index contributed by atoms with van der Waals surface area (Å²) >= 11 is 0. The van der Waals surface area contributed by atoms with Crippen LogP contribution in [0.3, 0.4) is 0 Å². The molecule has 2 nitrogen and oxygen atoms in total. The van der Waals surface area contributed by atoms with Crippen molar-refractivity contribution in [1.29, 1.82) is 0 Å². The lowest BCUT2D eigenvalue weighted by Gasteiger charge is -2.07. The zero-order valence-electron chi connectivity index (χ0n) is 11.1. The van der Waals surface area contributed by atoms with Crippen molar-refractivity contribution >= 4 is 10.8 Å². The Morgan fingerprint density at radius 3 is 2.58 bits per heavy atom. The Kier molecular flexibility index (Phi) is 2.71. The Morgan fingerprint density at radius 2 is 1.79 bits per heavy atom. The molecule has 94 valence electrons. The van der Waals surface area contributed by atoms with Gasteiger partial charge in [-0.25, -0.2) is 4.57 Å². The number of aryl methyl sites for hydroxylation is 2. The van der Waals surface area contributed by atoms with E-state index in [2.05, 4.69) is 35.9 Å². The number of rotatable bonds is 1. The molecule has 0 aliphatic rings. The summed E-state index contributed by atoms with van der Waals surface area (Å²) in [5.74, 6) is 0.300. The Hall–Kier alpha value is -2.35. The molecule has 1 N–H and O–H groups in total. The Balaban J connectivity index is 2.43. The fourth-order valence-corrected chi connectivity index (χ4v) is 2.52. The predicted molar refractivity (Wildman–Crippen MR) is 77.0 cm³/mol. The first-order valence-corrected chi connectivity index (χ1v) is 6.34. The van der Waals surface area contributed by atoms with Crippen molar-refractivity contribution in [2.75, 3.05) is 0 Å². The van der Waals surface area contributed by atoms with Gasteiger partial charge in [0.25, 0.3) is 0 Å². The van der Waals surface area contributed by atoms with Crippen molar-refractivity contribution in [2.45, 2.75) is 6.92 Å². The van der Waals surface area contributed by atoms with Crippen LogP contribution in [-0.2, 0) is 7.05 Å². The van der Waals surface area contributed by atoms with Gasteiger partial charge in [0.2, 0.25) is 5.69 Å². The summed E-state index contributed by atoms with van der Waals surface area (Å²) in [5, 5.41) is 12.0. The predicted octanol–water partition coefficient (Wildman–Crippen LogP) is 3.35. The second-order valence-electron chi connectivity index (χ2n) is 4.86. The molecule has 0 saturated heterocycles. The molecule has 0 aliphatic carbocycles. The molecule has 2 aromatic carbocycles. The molecule has 0 unspecified atom stereocenters. The van der Waals surface area contributed by atoms with Gasteiger partial charge in [-0.3, -0.25) is 0 Å². The number of benzene rings is 2. The Morgan fingerprint density at radius 1 is 1.00 bits per heavy atom. The maximum absolute atomic E-state index is 9.75. The highest BCUT2D eigenvalue weighted by atomic mass is 16.3. The summed E-state index contributed by atoms with van der Waals surface area (Å²) in [5.41, 5.74) is 3.56. The van der Waals surface area contributed by atoms with E-state index >= 15 is 0 Å². The fraction of sp³-hybridized carbons (Fsp3) is 0.118. The molecule has 0 saturated carbocycles. The molecule has 0 aliphatic heterocycles. The standard InChI is InChI=1S/C17H15NO/c1-12-5-3-4-6-15(12)17-16-11-14(19)8-7-13(16)9-10-18(17)2/h3-11H,1-2H3/p+1.